The highest BCUT2D eigenvalue weighted by atomic mass is 16.2. The lowest BCUT2D eigenvalue weighted by molar-refractivity contribution is -0.128. The van der Waals surface area contributed by atoms with Gasteiger partial charge in [0.2, 0.25) is 5.91 Å². The van der Waals surface area contributed by atoms with Crippen LogP contribution in [0, 0.1) is 5.92 Å². The van der Waals surface area contributed by atoms with Crippen molar-refractivity contribution >= 4 is 5.91 Å². The molecule has 0 spiro atoms. The SMILES string of the molecule is CC(C)C(C(=O)NCCc1nncn1C)N1CCCCC1. The van der Waals surface area contributed by atoms with Crippen molar-refractivity contribution in [2.75, 3.05) is 19.6 Å². The summed E-state index contributed by atoms with van der Waals surface area (Å²) in [5.41, 5.74) is 0. The molecule has 1 atom stereocenters. The van der Waals surface area contributed by atoms with Crippen molar-refractivity contribution in [1.29, 1.82) is 0 Å². The van der Waals surface area contributed by atoms with Crippen molar-refractivity contribution in [3.05, 3.63) is 12.2 Å². The summed E-state index contributed by atoms with van der Waals surface area (Å²) in [6.07, 6.45) is 6.09. The van der Waals surface area contributed by atoms with E-state index in [1.807, 2.05) is 11.6 Å². The van der Waals surface area contributed by atoms with Crippen LogP contribution in [0.4, 0.5) is 0 Å². The van der Waals surface area contributed by atoms with Crippen LogP contribution in [-0.2, 0) is 18.3 Å². The molecule has 1 N–H and O–H groups in total. The fraction of sp³-hybridized carbons (Fsp3) is 0.800. The van der Waals surface area contributed by atoms with E-state index in [9.17, 15) is 4.79 Å². The predicted molar refractivity (Wildman–Crippen MR) is 81.8 cm³/mol. The Hall–Kier alpha value is -1.43. The molecule has 1 saturated heterocycles. The molecule has 2 rings (SSSR count). The molecule has 0 bridgehead atoms. The zero-order chi connectivity index (χ0) is 15.2. The third-order valence-corrected chi connectivity index (χ3v) is 4.14. The second-order valence-corrected chi connectivity index (χ2v) is 6.18. The van der Waals surface area contributed by atoms with Crippen molar-refractivity contribution in [3.63, 3.8) is 0 Å². The number of carbonyl (C=O) groups excluding carboxylic acids is 1. The van der Waals surface area contributed by atoms with Crippen LogP contribution >= 0.6 is 0 Å². The van der Waals surface area contributed by atoms with Crippen molar-refractivity contribution in [1.82, 2.24) is 25.0 Å². The van der Waals surface area contributed by atoms with Gasteiger partial charge in [-0.15, -0.1) is 10.2 Å². The van der Waals surface area contributed by atoms with Gasteiger partial charge in [-0.3, -0.25) is 9.69 Å². The van der Waals surface area contributed by atoms with E-state index in [-0.39, 0.29) is 11.9 Å². The average molecular weight is 293 g/mol. The second kappa shape index (κ2) is 7.54. The van der Waals surface area contributed by atoms with E-state index >= 15 is 0 Å². The molecule has 0 saturated carbocycles. The maximum absolute atomic E-state index is 12.5. The van der Waals surface area contributed by atoms with Crippen LogP contribution in [0.1, 0.15) is 38.9 Å². The predicted octanol–water partition coefficient (Wildman–Crippen LogP) is 0.984. The maximum Gasteiger partial charge on any atom is 0.237 e. The summed E-state index contributed by atoms with van der Waals surface area (Å²) in [4.78, 5) is 14.8. The van der Waals surface area contributed by atoms with Crippen LogP contribution in [0.2, 0.25) is 0 Å². The van der Waals surface area contributed by atoms with Crippen molar-refractivity contribution in [2.24, 2.45) is 13.0 Å². The standard InChI is InChI=1S/C15H27N5O/c1-12(2)14(20-9-5-4-6-10-20)15(21)16-8-7-13-18-17-11-19(13)3/h11-12,14H,4-10H2,1-3H3,(H,16,21). The Morgan fingerprint density at radius 2 is 2.05 bits per heavy atom. The Balaban J connectivity index is 1.85. The number of carbonyl (C=O) groups is 1. The number of nitrogens with zero attached hydrogens (tertiary/aromatic N) is 4. The minimum atomic E-state index is -0.00945. The molecule has 1 fully saturated rings. The van der Waals surface area contributed by atoms with E-state index in [0.29, 0.717) is 18.9 Å². The summed E-state index contributed by atoms with van der Waals surface area (Å²) in [7, 11) is 1.92. The lowest BCUT2D eigenvalue weighted by atomic mass is 9.98. The highest BCUT2D eigenvalue weighted by Crippen LogP contribution is 2.17. The largest absolute Gasteiger partial charge is 0.354 e. The fourth-order valence-electron chi connectivity index (χ4n) is 3.02. The van der Waals surface area contributed by atoms with Crippen LogP contribution in [0.5, 0.6) is 0 Å². The van der Waals surface area contributed by atoms with Gasteiger partial charge in [-0.1, -0.05) is 20.3 Å². The summed E-state index contributed by atoms with van der Waals surface area (Å²) in [6.45, 7) is 6.95. The van der Waals surface area contributed by atoms with E-state index in [4.69, 9.17) is 0 Å². The smallest absolute Gasteiger partial charge is 0.237 e. The number of hydrogen-bond acceptors (Lipinski definition) is 4. The molecule has 1 aliphatic heterocycles. The van der Waals surface area contributed by atoms with Gasteiger partial charge in [0.05, 0.1) is 6.04 Å². The molecular formula is C15H27N5O. The molecule has 2 heterocycles. The first-order valence-electron chi connectivity index (χ1n) is 7.94. The van der Waals surface area contributed by atoms with Gasteiger partial charge >= 0.3 is 0 Å². The molecule has 1 aromatic rings. The lowest BCUT2D eigenvalue weighted by Crippen LogP contribution is -2.51. The zero-order valence-corrected chi connectivity index (χ0v) is 13.4. The molecule has 6 nitrogen and oxygen atoms in total. The van der Waals surface area contributed by atoms with Gasteiger partial charge in [0.25, 0.3) is 0 Å². The number of piperidine rings is 1. The number of hydrogen-bond donors (Lipinski definition) is 1. The molecule has 21 heavy (non-hydrogen) atoms. The molecule has 0 radical (unpaired) electrons. The van der Waals surface area contributed by atoms with Crippen LogP contribution < -0.4 is 5.32 Å². The first-order valence-corrected chi connectivity index (χ1v) is 7.94. The Morgan fingerprint density at radius 1 is 1.33 bits per heavy atom. The Bertz CT molecular complexity index is 451. The van der Waals surface area contributed by atoms with E-state index in [0.717, 1.165) is 18.9 Å². The van der Waals surface area contributed by atoms with Crippen LogP contribution in [0.25, 0.3) is 0 Å². The first-order chi connectivity index (χ1) is 10.1. The molecule has 0 aromatic carbocycles. The highest BCUT2D eigenvalue weighted by molar-refractivity contribution is 5.82. The zero-order valence-electron chi connectivity index (χ0n) is 13.4. The van der Waals surface area contributed by atoms with Gasteiger partial charge < -0.3 is 9.88 Å². The van der Waals surface area contributed by atoms with E-state index in [1.54, 1.807) is 6.33 Å². The van der Waals surface area contributed by atoms with E-state index in [2.05, 4.69) is 34.3 Å². The molecule has 1 amide bonds. The van der Waals surface area contributed by atoms with Crippen LogP contribution in [0.3, 0.4) is 0 Å². The molecule has 0 aliphatic carbocycles. The van der Waals surface area contributed by atoms with Crippen LogP contribution in [-0.4, -0.2) is 51.2 Å². The topological polar surface area (TPSA) is 63.1 Å². The number of aryl methyl sites for hydroxylation is 1. The Kier molecular flexibility index (Phi) is 5.73. The van der Waals surface area contributed by atoms with Gasteiger partial charge in [0, 0.05) is 20.0 Å². The van der Waals surface area contributed by atoms with Gasteiger partial charge in [-0.25, -0.2) is 0 Å². The van der Waals surface area contributed by atoms with Gasteiger partial charge in [0.15, 0.2) is 0 Å². The van der Waals surface area contributed by atoms with Gasteiger partial charge in [0.1, 0.15) is 12.2 Å². The number of likely N-dealkylation sites (tertiary alicyclic amines) is 1. The number of aromatic nitrogens is 3. The Labute approximate surface area is 126 Å². The molecule has 6 heteroatoms. The van der Waals surface area contributed by atoms with Gasteiger partial charge in [-0.2, -0.15) is 0 Å². The van der Waals surface area contributed by atoms with Gasteiger partial charge in [-0.05, 0) is 31.8 Å². The summed E-state index contributed by atoms with van der Waals surface area (Å²) >= 11 is 0. The molecule has 118 valence electrons. The maximum atomic E-state index is 12.5. The van der Waals surface area contributed by atoms with Crippen LogP contribution in [0.15, 0.2) is 6.33 Å². The quantitative estimate of drug-likeness (QED) is 0.849. The monoisotopic (exact) mass is 293 g/mol. The third kappa shape index (κ3) is 4.27. The Morgan fingerprint density at radius 3 is 2.62 bits per heavy atom. The molecule has 1 aromatic heterocycles. The fourth-order valence-corrected chi connectivity index (χ4v) is 3.02. The van der Waals surface area contributed by atoms with Crippen molar-refractivity contribution in [2.45, 2.75) is 45.6 Å². The second-order valence-electron chi connectivity index (χ2n) is 6.18. The van der Waals surface area contributed by atoms with Crippen molar-refractivity contribution < 1.29 is 4.79 Å². The molecule has 1 aliphatic rings. The lowest BCUT2D eigenvalue weighted by Gasteiger charge is -2.35. The molecular weight excluding hydrogens is 266 g/mol. The average Bonchev–Trinajstić information content (AvgIpc) is 2.85. The van der Waals surface area contributed by atoms with Crippen molar-refractivity contribution in [3.8, 4) is 0 Å². The number of rotatable bonds is 6. The third-order valence-electron chi connectivity index (χ3n) is 4.14. The minimum absolute atomic E-state index is 0.00945. The number of nitrogens with one attached hydrogen (secondary N) is 1. The number of amides is 1. The molecule has 1 unspecified atom stereocenters. The summed E-state index contributed by atoms with van der Waals surface area (Å²) in [5, 5.41) is 10.9. The first kappa shape index (κ1) is 15.9. The summed E-state index contributed by atoms with van der Waals surface area (Å²) < 4.78 is 1.89. The highest BCUT2D eigenvalue weighted by Gasteiger charge is 2.29. The summed E-state index contributed by atoms with van der Waals surface area (Å²) in [5.74, 6) is 1.38. The van der Waals surface area contributed by atoms with E-state index < -0.39 is 0 Å². The minimum Gasteiger partial charge on any atom is -0.354 e. The summed E-state index contributed by atoms with van der Waals surface area (Å²) in [6, 6.07) is -0.00945. The normalized spacial score (nSPS) is 17.9. The van der Waals surface area contributed by atoms with E-state index in [1.165, 1.54) is 19.3 Å².